The Hall–Kier alpha value is -3.11. The molecular weight excluding hydrogens is 579 g/mol. The molecule has 10 heteroatoms. The fraction of sp³-hybridized carbons (Fsp3) is 0.588. The number of nitriles is 1. The Bertz CT molecular complexity index is 1210. The van der Waals surface area contributed by atoms with E-state index in [0.717, 1.165) is 49.9 Å². The first-order chi connectivity index (χ1) is 21.0. The third-order valence-electron chi connectivity index (χ3n) is 7.36. The molecule has 1 aliphatic heterocycles. The lowest BCUT2D eigenvalue weighted by molar-refractivity contribution is 0.00751. The molecule has 0 spiro atoms. The summed E-state index contributed by atoms with van der Waals surface area (Å²) in [6.45, 7) is 16.9. The van der Waals surface area contributed by atoms with E-state index in [0.29, 0.717) is 36.5 Å². The molecule has 1 saturated carbocycles. The summed E-state index contributed by atoms with van der Waals surface area (Å²) in [5.41, 5.74) is 0.282. The minimum atomic E-state index is -3.07. The van der Waals surface area contributed by atoms with Crippen molar-refractivity contribution in [2.24, 2.45) is 4.99 Å². The molecule has 1 aliphatic carbocycles. The number of alkyl halides is 2. The SMILES string of the molecule is CC.CCCc1cc(C#N)ccn1.C\C=C(C(/C(C)=N/C=C/CC)=C(/C)N1CCN(C(=O)OC2CCC2)C(C)C1)\C(F)(F)P. The zero-order valence-electron chi connectivity index (χ0n) is 27.9. The maximum atomic E-state index is 14.4. The van der Waals surface area contributed by atoms with Gasteiger partial charge in [-0.3, -0.25) is 9.98 Å². The maximum Gasteiger partial charge on any atom is 0.410 e. The highest BCUT2D eigenvalue weighted by atomic mass is 31.0. The lowest BCUT2D eigenvalue weighted by Crippen LogP contribution is -2.54. The molecule has 2 fully saturated rings. The van der Waals surface area contributed by atoms with Crippen LogP contribution < -0.4 is 0 Å². The number of halogens is 2. The van der Waals surface area contributed by atoms with E-state index in [1.165, 1.54) is 6.08 Å². The number of hydrogen-bond acceptors (Lipinski definition) is 6. The number of rotatable bonds is 9. The van der Waals surface area contributed by atoms with Crippen LogP contribution in [0.25, 0.3) is 0 Å². The van der Waals surface area contributed by atoms with E-state index in [2.05, 4.69) is 27.9 Å². The molecular formula is C34H52F2N5O2P. The molecule has 2 aliphatic rings. The van der Waals surface area contributed by atoms with Crippen LogP contribution in [0.3, 0.4) is 0 Å². The van der Waals surface area contributed by atoms with Gasteiger partial charge in [-0.2, -0.15) is 14.0 Å². The number of allylic oxidation sites excluding steroid dienone is 5. The highest BCUT2D eigenvalue weighted by molar-refractivity contribution is 7.18. The molecule has 2 unspecified atom stereocenters. The first-order valence-corrected chi connectivity index (χ1v) is 16.4. The van der Waals surface area contributed by atoms with Gasteiger partial charge in [0, 0.05) is 66.3 Å². The zero-order chi connectivity index (χ0) is 33.3. The van der Waals surface area contributed by atoms with E-state index in [-0.39, 0.29) is 23.8 Å². The molecule has 2 heterocycles. The lowest BCUT2D eigenvalue weighted by Gasteiger charge is -2.42. The van der Waals surface area contributed by atoms with E-state index < -0.39 is 5.66 Å². The fourth-order valence-corrected chi connectivity index (χ4v) is 5.13. The summed E-state index contributed by atoms with van der Waals surface area (Å²) in [7, 11) is 1.63. The van der Waals surface area contributed by atoms with Crippen molar-refractivity contribution in [2.75, 3.05) is 19.6 Å². The molecule has 0 N–H and O–H groups in total. The van der Waals surface area contributed by atoms with Gasteiger partial charge in [0.05, 0.1) is 11.6 Å². The van der Waals surface area contributed by atoms with Crippen molar-refractivity contribution in [3.8, 4) is 6.07 Å². The van der Waals surface area contributed by atoms with Gasteiger partial charge < -0.3 is 14.5 Å². The number of carbonyl (C=O) groups excluding carboxylic acids is 1. The normalized spacial score (nSPS) is 18.3. The van der Waals surface area contributed by atoms with Crippen LogP contribution >= 0.6 is 9.24 Å². The van der Waals surface area contributed by atoms with Crippen molar-refractivity contribution in [1.82, 2.24) is 14.8 Å². The smallest absolute Gasteiger partial charge is 0.410 e. The standard InChI is InChI=1S/C23H36F2N3O2P.C9H10N2.C2H6/c1-6-8-12-26-17(4)21(20(7-2)23(24,25)31)18(5)27-13-14-28(16(3)15-27)22(29)30-19-10-9-11-19;1-2-3-9-6-8(7-10)4-5-11-9;1-2/h7-8,12,16,19H,6,9-11,13-15,31H2,1-5H3;4-6H,2-3H2,1H3;1-2H3/b12-8+,20-7+,21-18-,26-17+;;. The van der Waals surface area contributed by atoms with Gasteiger partial charge in [0.25, 0.3) is 5.66 Å². The Balaban J connectivity index is 0.000000620. The maximum absolute atomic E-state index is 14.4. The van der Waals surface area contributed by atoms with Gasteiger partial charge in [-0.1, -0.05) is 55.5 Å². The monoisotopic (exact) mass is 631 g/mol. The third-order valence-corrected chi connectivity index (χ3v) is 7.67. The third kappa shape index (κ3) is 12.1. The minimum Gasteiger partial charge on any atom is -0.446 e. The van der Waals surface area contributed by atoms with Crippen molar-refractivity contribution >= 4 is 21.0 Å². The van der Waals surface area contributed by atoms with Gasteiger partial charge in [0.15, 0.2) is 0 Å². The van der Waals surface area contributed by atoms with Crippen LogP contribution in [-0.2, 0) is 11.2 Å². The number of carbonyl (C=O) groups is 1. The minimum absolute atomic E-state index is 0.0440. The number of aryl methyl sites for hydroxylation is 1. The van der Waals surface area contributed by atoms with Crippen LogP contribution in [-0.4, -0.2) is 64.0 Å². The Labute approximate surface area is 266 Å². The van der Waals surface area contributed by atoms with Gasteiger partial charge in [0.2, 0.25) is 0 Å². The highest BCUT2D eigenvalue weighted by Gasteiger charge is 2.35. The van der Waals surface area contributed by atoms with E-state index in [9.17, 15) is 13.6 Å². The van der Waals surface area contributed by atoms with E-state index in [1.807, 2.05) is 46.8 Å². The summed E-state index contributed by atoms with van der Waals surface area (Å²) >= 11 is 0. The molecule has 7 nitrogen and oxygen atoms in total. The van der Waals surface area contributed by atoms with Gasteiger partial charge in [-0.05, 0) is 71.9 Å². The second-order valence-corrected chi connectivity index (χ2v) is 11.3. The summed E-state index contributed by atoms with van der Waals surface area (Å²) in [4.78, 5) is 24.8. The van der Waals surface area contributed by atoms with E-state index in [4.69, 9.17) is 10.00 Å². The molecule has 3 rings (SSSR count). The zero-order valence-corrected chi connectivity index (χ0v) is 29.0. The molecule has 244 valence electrons. The Morgan fingerprint density at radius 1 is 1.27 bits per heavy atom. The van der Waals surface area contributed by atoms with Gasteiger partial charge in [0.1, 0.15) is 6.10 Å². The second kappa shape index (κ2) is 20.0. The van der Waals surface area contributed by atoms with Crippen molar-refractivity contribution in [3.63, 3.8) is 0 Å². The second-order valence-electron chi connectivity index (χ2n) is 10.6. The summed E-state index contributed by atoms with van der Waals surface area (Å²) in [6.07, 6.45) is 12.3. The van der Waals surface area contributed by atoms with E-state index in [1.54, 1.807) is 46.5 Å². The van der Waals surface area contributed by atoms with Gasteiger partial charge in [-0.15, -0.1) is 0 Å². The van der Waals surface area contributed by atoms with Crippen LogP contribution in [0.1, 0.15) is 98.8 Å². The summed E-state index contributed by atoms with van der Waals surface area (Å²) < 4.78 is 34.4. The first kappa shape index (κ1) is 38.9. The van der Waals surface area contributed by atoms with Crippen LogP contribution in [0.2, 0.25) is 0 Å². The van der Waals surface area contributed by atoms with Crippen LogP contribution in [0.4, 0.5) is 13.6 Å². The predicted octanol–water partition coefficient (Wildman–Crippen LogP) is 8.69. The summed E-state index contributed by atoms with van der Waals surface area (Å²) in [5.74, 6) is 0. The molecule has 0 radical (unpaired) electrons. The van der Waals surface area contributed by atoms with Crippen molar-refractivity contribution in [2.45, 2.75) is 112 Å². The summed E-state index contributed by atoms with van der Waals surface area (Å²) in [6, 6.07) is 5.56. The number of piperazine rings is 1. The molecule has 44 heavy (non-hydrogen) atoms. The molecule has 1 aromatic rings. The molecule has 1 amide bonds. The Morgan fingerprint density at radius 2 is 1.95 bits per heavy atom. The topological polar surface area (TPSA) is 81.8 Å². The van der Waals surface area contributed by atoms with Crippen LogP contribution in [0.5, 0.6) is 0 Å². The molecule has 0 aromatic carbocycles. The number of ether oxygens (including phenoxy) is 1. The van der Waals surface area contributed by atoms with Crippen molar-refractivity contribution in [3.05, 3.63) is 64.8 Å². The van der Waals surface area contributed by atoms with Crippen LogP contribution in [0, 0.1) is 11.3 Å². The van der Waals surface area contributed by atoms with Crippen molar-refractivity contribution < 1.29 is 18.3 Å². The van der Waals surface area contributed by atoms with Gasteiger partial charge >= 0.3 is 6.09 Å². The Kier molecular flexibility index (Phi) is 17.7. The number of nitrogens with zero attached hydrogens (tertiary/aromatic N) is 5. The molecule has 2 atom stereocenters. The Morgan fingerprint density at radius 3 is 2.45 bits per heavy atom. The predicted molar refractivity (Wildman–Crippen MR) is 180 cm³/mol. The number of aromatic nitrogens is 1. The summed E-state index contributed by atoms with van der Waals surface area (Å²) in [5, 5.41) is 8.55. The highest BCUT2D eigenvalue weighted by Crippen LogP contribution is 2.38. The number of aliphatic imine (C=N–C) groups is 1. The average Bonchev–Trinajstić information content (AvgIpc) is 2.98. The first-order valence-electron chi connectivity index (χ1n) is 15.8. The lowest BCUT2D eigenvalue weighted by atomic mass is 9.96. The van der Waals surface area contributed by atoms with Crippen LogP contribution in [0.15, 0.2) is 58.5 Å². The quantitative estimate of drug-likeness (QED) is 0.155. The van der Waals surface area contributed by atoms with Gasteiger partial charge in [-0.25, -0.2) is 4.79 Å². The average molecular weight is 632 g/mol. The number of hydrogen-bond donors (Lipinski definition) is 0. The fourth-order valence-electron chi connectivity index (χ4n) is 4.82. The molecule has 1 saturated heterocycles. The van der Waals surface area contributed by atoms with Crippen molar-refractivity contribution in [1.29, 1.82) is 5.26 Å². The largest absolute Gasteiger partial charge is 0.446 e. The number of amides is 1. The number of pyridine rings is 1. The molecule has 1 aromatic heterocycles. The molecule has 0 bridgehead atoms. The van der Waals surface area contributed by atoms with E-state index >= 15 is 0 Å².